The summed E-state index contributed by atoms with van der Waals surface area (Å²) >= 11 is 0. The number of nitrogens with one attached hydrogen (secondary N) is 1. The summed E-state index contributed by atoms with van der Waals surface area (Å²) in [6.07, 6.45) is 5.67. The number of hydrogen-bond acceptors (Lipinski definition) is 5. The van der Waals surface area contributed by atoms with Gasteiger partial charge in [0, 0.05) is 42.2 Å². The van der Waals surface area contributed by atoms with Gasteiger partial charge in [-0.25, -0.2) is 0 Å². The van der Waals surface area contributed by atoms with Crippen LogP contribution in [0.5, 0.6) is 5.75 Å². The van der Waals surface area contributed by atoms with Gasteiger partial charge in [0.05, 0.1) is 13.2 Å². The fraction of sp³-hybridized carbons (Fsp3) is 0.379. The Hall–Kier alpha value is -3.74. The Balaban J connectivity index is 2.00. The molecule has 0 unspecified atom stereocenters. The summed E-state index contributed by atoms with van der Waals surface area (Å²) in [6, 6.07) is 9.80. The highest BCUT2D eigenvalue weighted by atomic mass is 16.5. The molecular formula is C29H35N3O4. The van der Waals surface area contributed by atoms with Crippen LogP contribution in [0.3, 0.4) is 0 Å². The number of rotatable bonds is 10. The number of carbonyl (C=O) groups is 2. The van der Waals surface area contributed by atoms with Crippen LogP contribution in [0.2, 0.25) is 0 Å². The van der Waals surface area contributed by atoms with Crippen molar-refractivity contribution in [3.8, 4) is 16.9 Å². The molecule has 2 aromatic heterocycles. The topological polar surface area (TPSA) is 90.3 Å². The zero-order chi connectivity index (χ0) is 26.4. The number of Topliss-reactive ketones (excluding diaryl/α,β-unsaturated/α-hetero) is 1. The van der Waals surface area contributed by atoms with Gasteiger partial charge >= 0.3 is 0 Å². The number of nitrogens with zero attached hydrogens (tertiary/aromatic N) is 2. The van der Waals surface area contributed by atoms with Crippen molar-refractivity contribution >= 4 is 11.7 Å². The van der Waals surface area contributed by atoms with E-state index in [1.807, 2.05) is 58.0 Å². The summed E-state index contributed by atoms with van der Waals surface area (Å²) in [4.78, 5) is 42.9. The second-order valence-corrected chi connectivity index (χ2v) is 9.72. The van der Waals surface area contributed by atoms with E-state index in [4.69, 9.17) is 4.74 Å². The number of carbonyl (C=O) groups excluding carboxylic acids is 2. The van der Waals surface area contributed by atoms with E-state index in [9.17, 15) is 14.4 Å². The minimum Gasteiger partial charge on any atom is -0.496 e. The molecule has 7 nitrogen and oxygen atoms in total. The van der Waals surface area contributed by atoms with Gasteiger partial charge < -0.3 is 14.6 Å². The molecule has 7 heteroatoms. The van der Waals surface area contributed by atoms with Gasteiger partial charge in [0.15, 0.2) is 0 Å². The lowest BCUT2D eigenvalue weighted by atomic mass is 9.96. The van der Waals surface area contributed by atoms with E-state index in [0.29, 0.717) is 12.0 Å². The predicted molar refractivity (Wildman–Crippen MR) is 141 cm³/mol. The van der Waals surface area contributed by atoms with Crippen molar-refractivity contribution < 1.29 is 14.3 Å². The molecule has 0 saturated carbocycles. The first kappa shape index (κ1) is 26.9. The fourth-order valence-corrected chi connectivity index (χ4v) is 4.41. The number of hydrogen-bond donors (Lipinski definition) is 1. The van der Waals surface area contributed by atoms with E-state index in [0.717, 1.165) is 28.0 Å². The van der Waals surface area contributed by atoms with E-state index >= 15 is 0 Å². The SMILES string of the molecule is COc1cccc(C)c1-c1cncc([C@H](CC(C)=O)NC(=O)[C@H](CC(C)C)n2ccc(C)cc2=O)c1. The van der Waals surface area contributed by atoms with Crippen molar-refractivity contribution in [2.45, 2.75) is 59.5 Å². The highest BCUT2D eigenvalue weighted by molar-refractivity contribution is 5.83. The number of aryl methyl sites for hydroxylation is 2. The third kappa shape index (κ3) is 6.47. The van der Waals surface area contributed by atoms with Gasteiger partial charge in [0.1, 0.15) is 17.6 Å². The van der Waals surface area contributed by atoms with Crippen LogP contribution in [0.4, 0.5) is 0 Å². The lowest BCUT2D eigenvalue weighted by Crippen LogP contribution is -2.40. The number of aromatic nitrogens is 2. The van der Waals surface area contributed by atoms with Crippen LogP contribution in [0.15, 0.2) is 59.8 Å². The van der Waals surface area contributed by atoms with E-state index in [2.05, 4.69) is 10.3 Å². The molecule has 3 rings (SSSR count). The molecular weight excluding hydrogens is 454 g/mol. The summed E-state index contributed by atoms with van der Waals surface area (Å²) in [5.41, 5.74) is 4.08. The molecule has 0 spiro atoms. The molecule has 0 bridgehead atoms. The van der Waals surface area contributed by atoms with Crippen LogP contribution < -0.4 is 15.6 Å². The molecule has 1 amide bonds. The van der Waals surface area contributed by atoms with Gasteiger partial charge in [-0.05, 0) is 68.0 Å². The van der Waals surface area contributed by atoms with Crippen molar-refractivity contribution in [1.82, 2.24) is 14.9 Å². The van der Waals surface area contributed by atoms with Gasteiger partial charge in [-0.2, -0.15) is 0 Å². The highest BCUT2D eigenvalue weighted by Gasteiger charge is 2.26. The number of benzene rings is 1. The van der Waals surface area contributed by atoms with Crippen LogP contribution in [0.1, 0.15) is 62.4 Å². The standard InChI is InChI=1S/C29H35N3O4/c1-18(2)12-25(32-11-10-19(3)13-27(32)34)29(35)31-24(14-21(5)33)22-15-23(17-30-16-22)28-20(4)8-7-9-26(28)36-6/h7-11,13,15-18,24-25H,12,14H2,1-6H3,(H,31,35)/t24-,25-/m0/s1. The third-order valence-electron chi connectivity index (χ3n) is 6.15. The number of methoxy groups -OCH3 is 1. The lowest BCUT2D eigenvalue weighted by molar-refractivity contribution is -0.126. The van der Waals surface area contributed by atoms with Crippen molar-refractivity contribution in [3.63, 3.8) is 0 Å². The summed E-state index contributed by atoms with van der Waals surface area (Å²) in [7, 11) is 1.62. The quantitative estimate of drug-likeness (QED) is 0.435. The number of ether oxygens (including phenoxy) is 1. The van der Waals surface area contributed by atoms with Gasteiger partial charge in [0.25, 0.3) is 5.56 Å². The molecule has 36 heavy (non-hydrogen) atoms. The molecule has 0 fully saturated rings. The molecule has 2 heterocycles. The van der Waals surface area contributed by atoms with Gasteiger partial charge in [0.2, 0.25) is 5.91 Å². The molecule has 3 aromatic rings. The minimum atomic E-state index is -0.694. The Morgan fingerprint density at radius 1 is 1.11 bits per heavy atom. The van der Waals surface area contributed by atoms with Crippen molar-refractivity contribution in [1.29, 1.82) is 0 Å². The molecule has 0 aliphatic rings. The number of amides is 1. The van der Waals surface area contributed by atoms with Crippen LogP contribution in [0, 0.1) is 19.8 Å². The molecule has 1 N–H and O–H groups in total. The van der Waals surface area contributed by atoms with E-state index in [1.54, 1.807) is 25.7 Å². The lowest BCUT2D eigenvalue weighted by Gasteiger charge is -2.25. The summed E-state index contributed by atoms with van der Waals surface area (Å²) in [5.74, 6) is 0.530. The van der Waals surface area contributed by atoms with Gasteiger partial charge in [-0.15, -0.1) is 0 Å². The molecule has 0 aliphatic heterocycles. The van der Waals surface area contributed by atoms with E-state index in [1.165, 1.54) is 17.6 Å². The second-order valence-electron chi connectivity index (χ2n) is 9.72. The van der Waals surface area contributed by atoms with Gasteiger partial charge in [-0.1, -0.05) is 26.0 Å². The van der Waals surface area contributed by atoms with Crippen LogP contribution in [0.25, 0.3) is 11.1 Å². The third-order valence-corrected chi connectivity index (χ3v) is 6.15. The largest absolute Gasteiger partial charge is 0.496 e. The van der Waals surface area contributed by atoms with Crippen LogP contribution in [-0.2, 0) is 9.59 Å². The monoisotopic (exact) mass is 489 g/mol. The summed E-state index contributed by atoms with van der Waals surface area (Å²) in [6.45, 7) is 9.35. The number of ketones is 1. The Morgan fingerprint density at radius 2 is 1.86 bits per heavy atom. The normalized spacial score (nSPS) is 12.8. The van der Waals surface area contributed by atoms with Gasteiger partial charge in [-0.3, -0.25) is 19.4 Å². The predicted octanol–water partition coefficient (Wildman–Crippen LogP) is 4.96. The zero-order valence-electron chi connectivity index (χ0n) is 21.9. The smallest absolute Gasteiger partial charge is 0.251 e. The minimum absolute atomic E-state index is 0.0629. The van der Waals surface area contributed by atoms with E-state index in [-0.39, 0.29) is 29.6 Å². The Labute approximate surface area is 212 Å². The first-order valence-electron chi connectivity index (χ1n) is 12.2. The first-order valence-corrected chi connectivity index (χ1v) is 12.2. The maximum Gasteiger partial charge on any atom is 0.251 e. The van der Waals surface area contributed by atoms with Crippen LogP contribution >= 0.6 is 0 Å². The second kappa shape index (κ2) is 11.8. The number of pyridine rings is 2. The summed E-state index contributed by atoms with van der Waals surface area (Å²) < 4.78 is 7.04. The Kier molecular flexibility index (Phi) is 8.80. The summed E-state index contributed by atoms with van der Waals surface area (Å²) in [5, 5.41) is 3.04. The molecule has 0 radical (unpaired) electrons. The average Bonchev–Trinajstić information content (AvgIpc) is 2.82. The molecule has 0 saturated heterocycles. The van der Waals surface area contributed by atoms with Crippen molar-refractivity contribution in [3.05, 3.63) is 82.0 Å². The molecule has 1 aromatic carbocycles. The maximum absolute atomic E-state index is 13.6. The van der Waals surface area contributed by atoms with Crippen molar-refractivity contribution in [2.24, 2.45) is 5.92 Å². The molecule has 0 aliphatic carbocycles. The van der Waals surface area contributed by atoms with Crippen LogP contribution in [-0.4, -0.2) is 28.4 Å². The maximum atomic E-state index is 13.6. The van der Waals surface area contributed by atoms with Crippen molar-refractivity contribution in [2.75, 3.05) is 7.11 Å². The first-order chi connectivity index (χ1) is 17.1. The average molecular weight is 490 g/mol. The fourth-order valence-electron chi connectivity index (χ4n) is 4.41. The Bertz CT molecular complexity index is 1300. The highest BCUT2D eigenvalue weighted by Crippen LogP contribution is 2.34. The zero-order valence-corrected chi connectivity index (χ0v) is 21.9. The molecule has 2 atom stereocenters. The Morgan fingerprint density at radius 3 is 2.50 bits per heavy atom. The van der Waals surface area contributed by atoms with E-state index < -0.39 is 12.1 Å². The molecule has 190 valence electrons.